The van der Waals surface area contributed by atoms with Crippen molar-refractivity contribution in [3.05, 3.63) is 29.3 Å². The third-order valence-corrected chi connectivity index (χ3v) is 3.67. The van der Waals surface area contributed by atoms with E-state index in [0.29, 0.717) is 5.92 Å². The summed E-state index contributed by atoms with van der Waals surface area (Å²) in [6.07, 6.45) is 2.19. The monoisotopic (exact) mass is 276 g/mol. The van der Waals surface area contributed by atoms with Crippen LogP contribution in [-0.4, -0.2) is 30.9 Å². The van der Waals surface area contributed by atoms with Gasteiger partial charge in [-0.2, -0.15) is 0 Å². The van der Waals surface area contributed by atoms with Gasteiger partial charge < -0.3 is 10.2 Å². The largest absolute Gasteiger partial charge is 0.385 e. The summed E-state index contributed by atoms with van der Waals surface area (Å²) in [6, 6.07) is 5.91. The van der Waals surface area contributed by atoms with Gasteiger partial charge in [0.05, 0.1) is 0 Å². The fourth-order valence-electron chi connectivity index (χ4n) is 2.15. The molecule has 3 nitrogen and oxygen atoms in total. The molecule has 0 saturated heterocycles. The number of carbonyl (C=O) groups excluding carboxylic acids is 1. The van der Waals surface area contributed by atoms with Crippen LogP contribution in [-0.2, 0) is 0 Å². The molecule has 0 spiro atoms. The molecule has 0 fully saturated rings. The second kappa shape index (κ2) is 7.93. The van der Waals surface area contributed by atoms with E-state index in [2.05, 4.69) is 26.1 Å². The van der Waals surface area contributed by atoms with Gasteiger partial charge in [0, 0.05) is 31.4 Å². The summed E-state index contributed by atoms with van der Waals surface area (Å²) in [6.45, 7) is 10.3. The highest BCUT2D eigenvalue weighted by molar-refractivity contribution is 5.94. The average molecular weight is 276 g/mol. The minimum absolute atomic E-state index is 0.107. The number of nitrogens with zero attached hydrogens (tertiary/aromatic N) is 1. The fraction of sp³-hybridized carbons (Fsp3) is 0.588. The number of aryl methyl sites for hydroxylation is 1. The van der Waals surface area contributed by atoms with Crippen molar-refractivity contribution in [2.24, 2.45) is 5.92 Å². The average Bonchev–Trinajstić information content (AvgIpc) is 2.44. The molecule has 1 N–H and O–H groups in total. The first kappa shape index (κ1) is 16.5. The van der Waals surface area contributed by atoms with Crippen molar-refractivity contribution in [3.8, 4) is 0 Å². The summed E-state index contributed by atoms with van der Waals surface area (Å²) >= 11 is 0. The molecule has 20 heavy (non-hydrogen) atoms. The molecule has 0 aliphatic rings. The van der Waals surface area contributed by atoms with Crippen LogP contribution in [0.4, 0.5) is 5.69 Å². The first-order valence-corrected chi connectivity index (χ1v) is 7.59. The molecule has 0 radical (unpaired) electrons. The van der Waals surface area contributed by atoms with Crippen LogP contribution in [0, 0.1) is 12.8 Å². The number of carbonyl (C=O) groups is 1. The molecule has 0 heterocycles. The summed E-state index contributed by atoms with van der Waals surface area (Å²) < 4.78 is 0. The number of hydrogen-bond donors (Lipinski definition) is 1. The van der Waals surface area contributed by atoms with Gasteiger partial charge in [-0.1, -0.05) is 27.2 Å². The molecule has 1 aromatic rings. The first-order valence-electron chi connectivity index (χ1n) is 7.59. The summed E-state index contributed by atoms with van der Waals surface area (Å²) in [5.74, 6) is 0.644. The number of benzene rings is 1. The SMILES string of the molecule is CCCNc1ccc(C(=O)N(C)CC(C)CC)cc1C. The number of amides is 1. The minimum atomic E-state index is 0.107. The van der Waals surface area contributed by atoms with Crippen molar-refractivity contribution in [1.82, 2.24) is 4.90 Å². The zero-order chi connectivity index (χ0) is 15.1. The maximum atomic E-state index is 12.4. The third-order valence-electron chi connectivity index (χ3n) is 3.67. The zero-order valence-electron chi connectivity index (χ0n) is 13.5. The Hall–Kier alpha value is -1.51. The minimum Gasteiger partial charge on any atom is -0.385 e. The van der Waals surface area contributed by atoms with E-state index in [1.807, 2.05) is 37.1 Å². The fourth-order valence-corrected chi connectivity index (χ4v) is 2.15. The van der Waals surface area contributed by atoms with Crippen molar-refractivity contribution >= 4 is 11.6 Å². The molecule has 0 aliphatic heterocycles. The van der Waals surface area contributed by atoms with Crippen molar-refractivity contribution in [3.63, 3.8) is 0 Å². The van der Waals surface area contributed by atoms with Crippen LogP contribution in [0.2, 0.25) is 0 Å². The summed E-state index contributed by atoms with van der Waals surface area (Å²) in [5, 5.41) is 3.37. The number of rotatable bonds is 7. The Morgan fingerprint density at radius 3 is 2.60 bits per heavy atom. The molecule has 1 aromatic carbocycles. The van der Waals surface area contributed by atoms with Crippen LogP contribution < -0.4 is 5.32 Å². The summed E-state index contributed by atoms with van der Waals surface area (Å²) in [7, 11) is 1.88. The maximum Gasteiger partial charge on any atom is 0.253 e. The molecule has 3 heteroatoms. The molecule has 0 bridgehead atoms. The highest BCUT2D eigenvalue weighted by Crippen LogP contribution is 2.18. The Kier molecular flexibility index (Phi) is 6.56. The second-order valence-corrected chi connectivity index (χ2v) is 5.66. The van der Waals surface area contributed by atoms with Crippen molar-refractivity contribution in [1.29, 1.82) is 0 Å². The van der Waals surface area contributed by atoms with E-state index < -0.39 is 0 Å². The molecule has 0 aliphatic carbocycles. The number of hydrogen-bond acceptors (Lipinski definition) is 2. The highest BCUT2D eigenvalue weighted by Gasteiger charge is 2.14. The smallest absolute Gasteiger partial charge is 0.253 e. The van der Waals surface area contributed by atoms with Gasteiger partial charge in [-0.25, -0.2) is 0 Å². The van der Waals surface area contributed by atoms with Crippen molar-refractivity contribution in [2.45, 2.75) is 40.5 Å². The summed E-state index contributed by atoms with van der Waals surface area (Å²) in [4.78, 5) is 14.2. The van der Waals surface area contributed by atoms with Gasteiger partial charge in [-0.15, -0.1) is 0 Å². The van der Waals surface area contributed by atoms with E-state index in [0.717, 1.165) is 42.7 Å². The van der Waals surface area contributed by atoms with E-state index in [1.165, 1.54) is 0 Å². The molecule has 1 atom stereocenters. The van der Waals surface area contributed by atoms with E-state index in [9.17, 15) is 4.79 Å². The molecular formula is C17H28N2O. The molecule has 0 saturated carbocycles. The van der Waals surface area contributed by atoms with Crippen LogP contribution in [0.25, 0.3) is 0 Å². The molecule has 1 rings (SSSR count). The van der Waals surface area contributed by atoms with Crippen molar-refractivity contribution < 1.29 is 4.79 Å². The van der Waals surface area contributed by atoms with Crippen LogP contribution in [0.1, 0.15) is 49.5 Å². The van der Waals surface area contributed by atoms with Crippen LogP contribution in [0.15, 0.2) is 18.2 Å². The number of nitrogens with one attached hydrogen (secondary N) is 1. The zero-order valence-corrected chi connectivity index (χ0v) is 13.5. The van der Waals surface area contributed by atoms with Gasteiger partial charge in [-0.3, -0.25) is 4.79 Å². The van der Waals surface area contributed by atoms with E-state index in [-0.39, 0.29) is 5.91 Å². The van der Waals surface area contributed by atoms with Gasteiger partial charge in [0.1, 0.15) is 0 Å². The Morgan fingerprint density at radius 1 is 1.35 bits per heavy atom. The Morgan fingerprint density at radius 2 is 2.05 bits per heavy atom. The summed E-state index contributed by atoms with van der Waals surface area (Å²) in [5.41, 5.74) is 3.02. The predicted molar refractivity (Wildman–Crippen MR) is 86.4 cm³/mol. The quantitative estimate of drug-likeness (QED) is 0.818. The Labute approximate surface area is 123 Å². The third kappa shape index (κ3) is 4.55. The second-order valence-electron chi connectivity index (χ2n) is 5.66. The normalized spacial score (nSPS) is 12.1. The lowest BCUT2D eigenvalue weighted by molar-refractivity contribution is 0.0775. The Balaban J connectivity index is 2.76. The standard InChI is InChI=1S/C17H28N2O/c1-6-10-18-16-9-8-15(11-14(16)4)17(20)19(5)12-13(3)7-2/h8-9,11,13,18H,6-7,10,12H2,1-5H3. The maximum absolute atomic E-state index is 12.4. The lowest BCUT2D eigenvalue weighted by atomic mass is 10.1. The molecule has 1 amide bonds. The highest BCUT2D eigenvalue weighted by atomic mass is 16.2. The van der Waals surface area contributed by atoms with Gasteiger partial charge in [-0.05, 0) is 43.0 Å². The van der Waals surface area contributed by atoms with Gasteiger partial charge >= 0.3 is 0 Å². The van der Waals surface area contributed by atoms with E-state index in [1.54, 1.807) is 0 Å². The Bertz CT molecular complexity index is 443. The lowest BCUT2D eigenvalue weighted by Crippen LogP contribution is -2.30. The predicted octanol–water partition coefficient (Wildman–Crippen LogP) is 3.94. The number of anilines is 1. The van der Waals surface area contributed by atoms with Crippen LogP contribution >= 0.6 is 0 Å². The topological polar surface area (TPSA) is 32.3 Å². The van der Waals surface area contributed by atoms with E-state index in [4.69, 9.17) is 0 Å². The molecule has 1 unspecified atom stereocenters. The van der Waals surface area contributed by atoms with Crippen molar-refractivity contribution in [2.75, 3.05) is 25.5 Å². The van der Waals surface area contributed by atoms with Crippen LogP contribution in [0.3, 0.4) is 0 Å². The molecular weight excluding hydrogens is 248 g/mol. The van der Waals surface area contributed by atoms with Gasteiger partial charge in [0.25, 0.3) is 5.91 Å². The first-order chi connectivity index (χ1) is 9.49. The molecule has 112 valence electrons. The molecule has 0 aromatic heterocycles. The lowest BCUT2D eigenvalue weighted by Gasteiger charge is -2.21. The van der Waals surface area contributed by atoms with E-state index >= 15 is 0 Å². The van der Waals surface area contributed by atoms with Crippen LogP contribution in [0.5, 0.6) is 0 Å². The van der Waals surface area contributed by atoms with Gasteiger partial charge in [0.2, 0.25) is 0 Å². The van der Waals surface area contributed by atoms with Gasteiger partial charge in [0.15, 0.2) is 0 Å².